The zero-order chi connectivity index (χ0) is 22.0. The van der Waals surface area contributed by atoms with Crippen LogP contribution in [0.3, 0.4) is 0 Å². The van der Waals surface area contributed by atoms with Gasteiger partial charge in [-0.15, -0.1) is 0 Å². The smallest absolute Gasteiger partial charge is 0.322 e. The average molecular weight is 440 g/mol. The highest BCUT2D eigenvalue weighted by Gasteiger charge is 2.21. The van der Waals surface area contributed by atoms with Gasteiger partial charge in [-0.2, -0.15) is 4.98 Å². The van der Waals surface area contributed by atoms with Crippen molar-refractivity contribution >= 4 is 28.9 Å². The first-order valence-electron chi connectivity index (χ1n) is 9.86. The van der Waals surface area contributed by atoms with Gasteiger partial charge in [0, 0.05) is 25.0 Å². The molecule has 2 N–H and O–H groups in total. The maximum Gasteiger partial charge on any atom is 0.322 e. The molecular weight excluding hydrogens is 418 g/mol. The number of nitrogens with zero attached hydrogens (tertiary/aromatic N) is 4. The van der Waals surface area contributed by atoms with Gasteiger partial charge in [0.25, 0.3) is 5.89 Å². The Morgan fingerprint density at radius 1 is 1.29 bits per heavy atom. The van der Waals surface area contributed by atoms with Crippen molar-refractivity contribution < 1.29 is 14.4 Å². The van der Waals surface area contributed by atoms with Gasteiger partial charge in [-0.1, -0.05) is 28.9 Å². The van der Waals surface area contributed by atoms with Crippen LogP contribution in [0.4, 0.5) is 10.5 Å². The highest BCUT2D eigenvalue weighted by molar-refractivity contribution is 6.32. The Morgan fingerprint density at radius 3 is 2.77 bits per heavy atom. The molecule has 0 spiro atoms. The third-order valence-corrected chi connectivity index (χ3v) is 5.54. The van der Waals surface area contributed by atoms with Gasteiger partial charge in [0.1, 0.15) is 6.61 Å². The Bertz CT molecular complexity index is 1160. The summed E-state index contributed by atoms with van der Waals surface area (Å²) in [6, 6.07) is 7.44. The summed E-state index contributed by atoms with van der Waals surface area (Å²) in [7, 11) is 0. The minimum Gasteiger partial charge on any atom is -0.388 e. The Balaban J connectivity index is 1.43. The van der Waals surface area contributed by atoms with Crippen LogP contribution in [0, 0.1) is 13.8 Å². The number of amides is 2. The van der Waals surface area contributed by atoms with Crippen molar-refractivity contribution in [2.45, 2.75) is 26.9 Å². The van der Waals surface area contributed by atoms with Crippen LogP contribution in [0.5, 0.6) is 0 Å². The highest BCUT2D eigenvalue weighted by atomic mass is 35.5. The normalized spacial score (nSPS) is 13.8. The molecule has 9 heteroatoms. The molecule has 3 heterocycles. The Kier molecular flexibility index (Phi) is 6.01. The third kappa shape index (κ3) is 4.60. The van der Waals surface area contributed by atoms with Crippen molar-refractivity contribution in [2.75, 3.05) is 18.4 Å². The molecule has 31 heavy (non-hydrogen) atoms. The van der Waals surface area contributed by atoms with Crippen LogP contribution in [0.25, 0.3) is 17.0 Å². The number of carbonyl (C=O) groups excluding carboxylic acids is 1. The van der Waals surface area contributed by atoms with E-state index in [1.807, 2.05) is 38.1 Å². The molecule has 0 saturated carbocycles. The van der Waals surface area contributed by atoms with Crippen LogP contribution in [0.2, 0.25) is 5.02 Å². The van der Waals surface area contributed by atoms with Gasteiger partial charge in [0.15, 0.2) is 5.82 Å². The zero-order valence-electron chi connectivity index (χ0n) is 17.2. The van der Waals surface area contributed by atoms with Crippen molar-refractivity contribution in [3.63, 3.8) is 0 Å². The number of aryl methyl sites for hydroxylation is 2. The number of aliphatic hydroxyl groups excluding tert-OH is 1. The average Bonchev–Trinajstić information content (AvgIpc) is 3.26. The number of nitrogens with one attached hydrogen (secondary N) is 1. The molecule has 4 rings (SSSR count). The molecule has 2 aromatic heterocycles. The fraction of sp³-hybridized carbons (Fsp3) is 0.273. The number of rotatable bonds is 4. The summed E-state index contributed by atoms with van der Waals surface area (Å²) in [5, 5.41) is 16.1. The summed E-state index contributed by atoms with van der Waals surface area (Å²) in [6.07, 6.45) is 4.21. The summed E-state index contributed by atoms with van der Waals surface area (Å²) in [4.78, 5) is 22.9. The molecule has 0 unspecified atom stereocenters. The second-order valence-corrected chi connectivity index (χ2v) is 7.79. The molecule has 3 aromatic rings. The number of pyridine rings is 1. The van der Waals surface area contributed by atoms with Crippen molar-refractivity contribution in [3.8, 4) is 11.5 Å². The van der Waals surface area contributed by atoms with Gasteiger partial charge in [0.2, 0.25) is 0 Å². The second-order valence-electron chi connectivity index (χ2n) is 7.38. The van der Waals surface area contributed by atoms with Gasteiger partial charge in [-0.3, -0.25) is 4.98 Å². The maximum atomic E-state index is 12.6. The van der Waals surface area contributed by atoms with Crippen LogP contribution in [-0.2, 0) is 6.61 Å². The molecule has 0 atom stereocenters. The molecule has 0 saturated heterocycles. The van der Waals surface area contributed by atoms with Gasteiger partial charge in [-0.25, -0.2) is 4.79 Å². The molecule has 1 aliphatic rings. The summed E-state index contributed by atoms with van der Waals surface area (Å²) < 4.78 is 5.10. The fourth-order valence-electron chi connectivity index (χ4n) is 3.32. The SMILES string of the molecule is Cc1ccc(NC(=O)N2CC=C(c3ncc(-c4nc(CO)no4)cc3Cl)CC2)cc1C. The lowest BCUT2D eigenvalue weighted by Crippen LogP contribution is -2.38. The zero-order valence-corrected chi connectivity index (χ0v) is 18.0. The molecule has 0 radical (unpaired) electrons. The molecular formula is C22H22ClN5O3. The van der Waals surface area contributed by atoms with E-state index in [1.165, 1.54) is 5.56 Å². The van der Waals surface area contributed by atoms with E-state index in [-0.39, 0.29) is 24.4 Å². The lowest BCUT2D eigenvalue weighted by molar-refractivity contribution is 0.217. The van der Waals surface area contributed by atoms with Crippen molar-refractivity contribution in [1.82, 2.24) is 20.0 Å². The van der Waals surface area contributed by atoms with E-state index in [0.29, 0.717) is 35.8 Å². The molecule has 8 nitrogen and oxygen atoms in total. The molecule has 0 aliphatic carbocycles. The minimum atomic E-state index is -0.302. The number of aromatic nitrogens is 3. The summed E-state index contributed by atoms with van der Waals surface area (Å²) >= 11 is 6.45. The standard InChI is InChI=1S/C22H22ClN5O3/c1-13-3-4-17(9-14(13)2)25-22(30)28-7-5-15(6-8-28)20-18(23)10-16(11-24-20)21-26-19(12-29)27-31-21/h3-5,9-11,29H,6-8,12H2,1-2H3,(H,25,30). The van der Waals surface area contributed by atoms with E-state index in [9.17, 15) is 4.79 Å². The van der Waals surface area contributed by atoms with E-state index in [1.54, 1.807) is 17.2 Å². The summed E-state index contributed by atoms with van der Waals surface area (Å²) in [5.74, 6) is 0.446. The predicted octanol–water partition coefficient (Wildman–Crippen LogP) is 4.22. The number of hydrogen-bond donors (Lipinski definition) is 2. The summed E-state index contributed by atoms with van der Waals surface area (Å²) in [6.45, 7) is 4.79. The van der Waals surface area contributed by atoms with E-state index in [4.69, 9.17) is 21.2 Å². The Labute approximate surface area is 184 Å². The van der Waals surface area contributed by atoms with Gasteiger partial charge < -0.3 is 19.8 Å². The first-order chi connectivity index (χ1) is 14.9. The Morgan fingerprint density at radius 2 is 2.13 bits per heavy atom. The molecule has 0 fully saturated rings. The number of aliphatic hydroxyl groups is 1. The Hall–Kier alpha value is -3.23. The lowest BCUT2D eigenvalue weighted by Gasteiger charge is -2.27. The summed E-state index contributed by atoms with van der Waals surface area (Å²) in [5.41, 5.74) is 5.33. The lowest BCUT2D eigenvalue weighted by atomic mass is 10.0. The largest absolute Gasteiger partial charge is 0.388 e. The number of anilines is 1. The third-order valence-electron chi connectivity index (χ3n) is 5.26. The number of urea groups is 1. The first-order valence-corrected chi connectivity index (χ1v) is 10.2. The first kappa shape index (κ1) is 21.0. The van der Waals surface area contributed by atoms with Crippen molar-refractivity contribution in [2.24, 2.45) is 0 Å². The number of halogens is 1. The van der Waals surface area contributed by atoms with Crippen LogP contribution in [-0.4, -0.2) is 44.3 Å². The monoisotopic (exact) mass is 439 g/mol. The van der Waals surface area contributed by atoms with Crippen LogP contribution in [0.15, 0.2) is 41.1 Å². The van der Waals surface area contributed by atoms with E-state index in [0.717, 1.165) is 16.8 Å². The second kappa shape index (κ2) is 8.87. The predicted molar refractivity (Wildman–Crippen MR) is 118 cm³/mol. The van der Waals surface area contributed by atoms with Crippen molar-refractivity contribution in [1.29, 1.82) is 0 Å². The van der Waals surface area contributed by atoms with Crippen LogP contribution >= 0.6 is 11.6 Å². The van der Waals surface area contributed by atoms with Crippen molar-refractivity contribution in [3.05, 3.63) is 64.2 Å². The van der Waals surface area contributed by atoms with E-state index < -0.39 is 0 Å². The van der Waals surface area contributed by atoms with Crippen LogP contribution < -0.4 is 5.32 Å². The van der Waals surface area contributed by atoms with Gasteiger partial charge in [0.05, 0.1) is 16.3 Å². The van der Waals surface area contributed by atoms with E-state index >= 15 is 0 Å². The molecule has 1 aromatic carbocycles. The number of benzene rings is 1. The molecule has 160 valence electrons. The quantitative estimate of drug-likeness (QED) is 0.630. The molecule has 0 bridgehead atoms. The van der Waals surface area contributed by atoms with Crippen LogP contribution in [0.1, 0.15) is 29.1 Å². The minimum absolute atomic E-state index is 0.135. The fourth-order valence-corrected chi connectivity index (χ4v) is 3.60. The van der Waals surface area contributed by atoms with E-state index in [2.05, 4.69) is 20.4 Å². The maximum absolute atomic E-state index is 12.6. The number of carbonyl (C=O) groups is 1. The topological polar surface area (TPSA) is 104 Å². The molecule has 1 aliphatic heterocycles. The van der Waals surface area contributed by atoms with Gasteiger partial charge >= 0.3 is 6.03 Å². The highest BCUT2D eigenvalue weighted by Crippen LogP contribution is 2.30. The van der Waals surface area contributed by atoms with Gasteiger partial charge in [-0.05, 0) is 55.2 Å². The number of hydrogen-bond acceptors (Lipinski definition) is 6. The molecule has 2 amide bonds.